The SMILES string of the molecule is Cc1ccc(S(=O)(=O)n2cc3c4c(ccc3n2)C2=C(Cl)[C@H](O)[C@@H]3CC[C@@]2(C4)C3)cc1. The summed E-state index contributed by atoms with van der Waals surface area (Å²) in [5.41, 5.74) is 4.83. The molecule has 6 rings (SSSR count). The van der Waals surface area contributed by atoms with Crippen molar-refractivity contribution in [3.05, 3.63) is 64.3 Å². The number of aromatic nitrogens is 2. The third kappa shape index (κ3) is 2.33. The number of rotatable bonds is 2. The molecule has 154 valence electrons. The van der Waals surface area contributed by atoms with Crippen molar-refractivity contribution in [1.82, 2.24) is 9.19 Å². The molecule has 2 aromatic carbocycles. The summed E-state index contributed by atoms with van der Waals surface area (Å²) in [4.78, 5) is 0.220. The Labute approximate surface area is 180 Å². The van der Waals surface area contributed by atoms with Crippen LogP contribution in [-0.4, -0.2) is 28.8 Å². The van der Waals surface area contributed by atoms with Crippen LogP contribution in [0.25, 0.3) is 16.5 Å². The van der Waals surface area contributed by atoms with Gasteiger partial charge in [-0.2, -0.15) is 17.6 Å². The first-order valence-corrected chi connectivity index (χ1v) is 12.0. The summed E-state index contributed by atoms with van der Waals surface area (Å²) < 4.78 is 27.3. The van der Waals surface area contributed by atoms with Gasteiger partial charge in [0.15, 0.2) is 0 Å². The van der Waals surface area contributed by atoms with Crippen LogP contribution in [0.5, 0.6) is 0 Å². The summed E-state index contributed by atoms with van der Waals surface area (Å²) in [6.07, 6.45) is 4.78. The van der Waals surface area contributed by atoms with Crippen molar-refractivity contribution >= 4 is 38.1 Å². The number of allylic oxidation sites excluding steroid dienone is 1. The molecule has 30 heavy (non-hydrogen) atoms. The zero-order valence-electron chi connectivity index (χ0n) is 16.5. The summed E-state index contributed by atoms with van der Waals surface area (Å²) in [6.45, 7) is 1.92. The molecule has 3 aliphatic rings. The maximum absolute atomic E-state index is 13.1. The van der Waals surface area contributed by atoms with Gasteiger partial charge in [-0.1, -0.05) is 35.4 Å². The number of nitrogens with zero attached hydrogens (tertiary/aromatic N) is 2. The average Bonchev–Trinajstić information content (AvgIpc) is 3.41. The summed E-state index contributed by atoms with van der Waals surface area (Å²) in [5.74, 6) is 0.218. The molecule has 0 amide bonds. The lowest BCUT2D eigenvalue weighted by Crippen LogP contribution is -2.29. The van der Waals surface area contributed by atoms with E-state index >= 15 is 0 Å². The van der Waals surface area contributed by atoms with E-state index in [2.05, 4.69) is 5.10 Å². The van der Waals surface area contributed by atoms with E-state index in [4.69, 9.17) is 11.6 Å². The van der Waals surface area contributed by atoms with Crippen LogP contribution in [0.1, 0.15) is 36.0 Å². The normalized spacial score (nSPS) is 27.6. The Morgan fingerprint density at radius 1 is 1.20 bits per heavy atom. The van der Waals surface area contributed by atoms with E-state index in [1.807, 2.05) is 19.1 Å². The molecule has 1 aromatic heterocycles. The van der Waals surface area contributed by atoms with Crippen molar-refractivity contribution < 1.29 is 13.5 Å². The van der Waals surface area contributed by atoms with Gasteiger partial charge in [-0.25, -0.2) is 0 Å². The van der Waals surface area contributed by atoms with Gasteiger partial charge in [-0.05, 0) is 73.4 Å². The van der Waals surface area contributed by atoms with Crippen LogP contribution in [0.3, 0.4) is 0 Å². The van der Waals surface area contributed by atoms with E-state index < -0.39 is 16.1 Å². The van der Waals surface area contributed by atoms with Crippen molar-refractivity contribution in [2.45, 2.75) is 43.6 Å². The Morgan fingerprint density at radius 3 is 2.73 bits per heavy atom. The number of hydrogen-bond donors (Lipinski definition) is 1. The molecular formula is C23H21ClN2O3S. The van der Waals surface area contributed by atoms with Crippen LogP contribution in [0.4, 0.5) is 0 Å². The fourth-order valence-electron chi connectivity index (χ4n) is 5.77. The Kier molecular flexibility index (Phi) is 3.70. The van der Waals surface area contributed by atoms with Gasteiger partial charge in [0, 0.05) is 10.8 Å². The van der Waals surface area contributed by atoms with Gasteiger partial charge in [0.05, 0.1) is 27.7 Å². The summed E-state index contributed by atoms with van der Waals surface area (Å²) in [6, 6.07) is 10.6. The number of benzene rings is 2. The molecule has 0 radical (unpaired) electrons. The van der Waals surface area contributed by atoms with Gasteiger partial charge in [0.25, 0.3) is 10.0 Å². The molecule has 7 heteroatoms. The Hall–Kier alpha value is -2.15. The van der Waals surface area contributed by atoms with Crippen LogP contribution in [0.2, 0.25) is 0 Å². The van der Waals surface area contributed by atoms with Crippen molar-refractivity contribution in [2.75, 3.05) is 0 Å². The Balaban J connectivity index is 1.53. The van der Waals surface area contributed by atoms with E-state index in [0.717, 1.165) is 57.4 Å². The largest absolute Gasteiger partial charge is 0.387 e. The lowest BCUT2D eigenvalue weighted by molar-refractivity contribution is 0.138. The van der Waals surface area contributed by atoms with E-state index in [0.29, 0.717) is 10.5 Å². The van der Waals surface area contributed by atoms with Gasteiger partial charge in [-0.3, -0.25) is 0 Å². The molecule has 0 aliphatic heterocycles. The maximum atomic E-state index is 13.1. The number of halogens is 1. The van der Waals surface area contributed by atoms with E-state index in [1.165, 1.54) is 0 Å². The molecule has 1 N–H and O–H groups in total. The van der Waals surface area contributed by atoms with Crippen molar-refractivity contribution in [2.24, 2.45) is 11.3 Å². The Morgan fingerprint density at radius 2 is 1.97 bits per heavy atom. The maximum Gasteiger partial charge on any atom is 0.282 e. The van der Waals surface area contributed by atoms with Crippen molar-refractivity contribution in [3.63, 3.8) is 0 Å². The van der Waals surface area contributed by atoms with Gasteiger partial charge in [-0.15, -0.1) is 0 Å². The molecule has 3 atom stereocenters. The topological polar surface area (TPSA) is 72.2 Å². The highest BCUT2D eigenvalue weighted by Gasteiger charge is 2.54. The summed E-state index contributed by atoms with van der Waals surface area (Å²) >= 11 is 6.66. The highest BCUT2D eigenvalue weighted by atomic mass is 35.5. The molecular weight excluding hydrogens is 420 g/mol. The molecule has 1 fully saturated rings. The van der Waals surface area contributed by atoms with E-state index in [-0.39, 0.29) is 16.2 Å². The predicted molar refractivity (Wildman–Crippen MR) is 116 cm³/mol. The standard InChI is InChI=1S/C23H21ClN2O3S/c1-13-2-4-15(5-3-13)30(28,29)26-12-18-17-11-23-9-8-14(10-23)22(27)21(24)20(23)16(17)6-7-19(18)25-26/h2-7,12,14,22,27H,8-11H2,1H3/t14-,22-,23+/m1/s1. The molecule has 3 aliphatic carbocycles. The quantitative estimate of drug-likeness (QED) is 0.646. The third-order valence-electron chi connectivity index (χ3n) is 7.25. The molecule has 5 nitrogen and oxygen atoms in total. The molecule has 3 aromatic rings. The van der Waals surface area contributed by atoms with Crippen molar-refractivity contribution in [3.8, 4) is 0 Å². The molecule has 1 heterocycles. The molecule has 0 unspecified atom stereocenters. The first-order valence-electron chi connectivity index (χ1n) is 10.2. The number of fused-ring (bicyclic) bond motifs is 5. The first kappa shape index (κ1) is 18.6. The first-order chi connectivity index (χ1) is 14.3. The molecule has 1 saturated carbocycles. The lowest BCUT2D eigenvalue weighted by Gasteiger charge is -2.33. The highest BCUT2D eigenvalue weighted by Crippen LogP contribution is 2.64. The summed E-state index contributed by atoms with van der Waals surface area (Å²) in [7, 11) is -3.77. The smallest absolute Gasteiger partial charge is 0.282 e. The molecule has 2 bridgehead atoms. The third-order valence-corrected chi connectivity index (χ3v) is 9.21. The molecule has 0 saturated heterocycles. The predicted octanol–water partition coefficient (Wildman–Crippen LogP) is 4.25. The van der Waals surface area contributed by atoms with Gasteiger partial charge >= 0.3 is 0 Å². The zero-order chi connectivity index (χ0) is 20.8. The highest BCUT2D eigenvalue weighted by molar-refractivity contribution is 7.89. The van der Waals surface area contributed by atoms with Crippen molar-refractivity contribution in [1.29, 1.82) is 0 Å². The molecule has 1 spiro atoms. The minimum atomic E-state index is -3.77. The minimum Gasteiger partial charge on any atom is -0.387 e. The van der Waals surface area contributed by atoms with E-state index in [9.17, 15) is 13.5 Å². The second kappa shape index (κ2) is 5.96. The number of aryl methyl sites for hydroxylation is 1. The second-order valence-corrected chi connectivity index (χ2v) is 11.2. The van der Waals surface area contributed by atoms with Gasteiger partial charge in [0.2, 0.25) is 0 Å². The fraction of sp³-hybridized carbons (Fsp3) is 0.348. The fourth-order valence-corrected chi connectivity index (χ4v) is 7.39. The van der Waals surface area contributed by atoms with Crippen LogP contribution >= 0.6 is 11.6 Å². The van der Waals surface area contributed by atoms with Gasteiger partial charge in [0.1, 0.15) is 0 Å². The lowest BCUT2D eigenvalue weighted by atomic mass is 9.74. The van der Waals surface area contributed by atoms with Crippen LogP contribution < -0.4 is 0 Å². The Bertz CT molecular complexity index is 1360. The monoisotopic (exact) mass is 440 g/mol. The number of hydrogen-bond acceptors (Lipinski definition) is 4. The zero-order valence-corrected chi connectivity index (χ0v) is 18.0. The van der Waals surface area contributed by atoms with E-state index in [1.54, 1.807) is 30.5 Å². The van der Waals surface area contributed by atoms with Gasteiger partial charge < -0.3 is 5.11 Å². The van der Waals surface area contributed by atoms with Crippen LogP contribution in [-0.2, 0) is 16.4 Å². The van der Waals surface area contributed by atoms with Crippen LogP contribution in [0.15, 0.2) is 52.5 Å². The summed E-state index contributed by atoms with van der Waals surface area (Å²) in [5, 5.41) is 16.4. The minimum absolute atomic E-state index is 0.0322. The number of aliphatic hydroxyl groups excluding tert-OH is 1. The second-order valence-electron chi connectivity index (χ2n) is 8.97. The average molecular weight is 441 g/mol. The number of aliphatic hydroxyl groups is 1. The van der Waals surface area contributed by atoms with Crippen LogP contribution in [0, 0.1) is 18.3 Å².